The number of aromatic nitrogens is 2. The molecule has 1 aromatic carbocycles. The minimum absolute atomic E-state index is 0.421. The molecule has 1 fully saturated rings. The summed E-state index contributed by atoms with van der Waals surface area (Å²) in [6.07, 6.45) is 5.28. The van der Waals surface area contributed by atoms with Gasteiger partial charge in [0.15, 0.2) is 5.82 Å². The normalized spacial score (nSPS) is 17.2. The molecule has 3 rings (SSSR count). The molecular formula is C15H18ClN3OS. The Morgan fingerprint density at radius 3 is 2.86 bits per heavy atom. The average molecular weight is 324 g/mol. The van der Waals surface area contributed by atoms with Crippen LogP contribution in [0.4, 0.5) is 0 Å². The van der Waals surface area contributed by atoms with Gasteiger partial charge < -0.3 is 10.3 Å². The quantitative estimate of drug-likeness (QED) is 0.902. The Labute approximate surface area is 133 Å². The summed E-state index contributed by atoms with van der Waals surface area (Å²) in [5, 5.41) is 5.38. The maximum Gasteiger partial charge on any atom is 0.248 e. The number of nitrogens with two attached hydrogens (primary N) is 1. The molecule has 0 spiro atoms. The summed E-state index contributed by atoms with van der Waals surface area (Å²) in [5.41, 5.74) is 6.96. The lowest BCUT2D eigenvalue weighted by molar-refractivity contribution is 0.363. The van der Waals surface area contributed by atoms with Crippen LogP contribution in [0.15, 0.2) is 28.8 Å². The van der Waals surface area contributed by atoms with E-state index in [1.807, 2.05) is 36.0 Å². The third-order valence-corrected chi connectivity index (χ3v) is 5.45. The molecule has 1 aliphatic rings. The van der Waals surface area contributed by atoms with E-state index in [1.165, 1.54) is 25.7 Å². The highest BCUT2D eigenvalue weighted by atomic mass is 35.5. The van der Waals surface area contributed by atoms with E-state index in [2.05, 4.69) is 10.1 Å². The lowest BCUT2D eigenvalue weighted by atomic mass is 10.1. The number of hydrogen-bond acceptors (Lipinski definition) is 5. The van der Waals surface area contributed by atoms with Gasteiger partial charge in [-0.05, 0) is 24.5 Å². The van der Waals surface area contributed by atoms with E-state index in [0.717, 1.165) is 16.6 Å². The zero-order chi connectivity index (χ0) is 14.7. The molecule has 0 bridgehead atoms. The molecule has 21 heavy (non-hydrogen) atoms. The molecular weight excluding hydrogens is 306 g/mol. The van der Waals surface area contributed by atoms with Crippen molar-refractivity contribution in [3.8, 4) is 0 Å². The van der Waals surface area contributed by atoms with Gasteiger partial charge in [0.2, 0.25) is 5.89 Å². The summed E-state index contributed by atoms with van der Waals surface area (Å²) in [4.78, 5) is 4.41. The molecule has 0 amide bonds. The van der Waals surface area contributed by atoms with Crippen molar-refractivity contribution in [2.24, 2.45) is 5.73 Å². The molecule has 112 valence electrons. The Kier molecular flexibility index (Phi) is 4.83. The fourth-order valence-corrected chi connectivity index (χ4v) is 3.98. The lowest BCUT2D eigenvalue weighted by Gasteiger charge is -2.08. The van der Waals surface area contributed by atoms with E-state index < -0.39 is 6.04 Å². The molecule has 0 saturated heterocycles. The van der Waals surface area contributed by atoms with Crippen molar-refractivity contribution in [1.29, 1.82) is 0 Å². The van der Waals surface area contributed by atoms with Gasteiger partial charge in [0, 0.05) is 10.3 Å². The number of benzene rings is 1. The monoisotopic (exact) mass is 323 g/mol. The Balaban J connectivity index is 1.65. The highest BCUT2D eigenvalue weighted by Gasteiger charge is 2.20. The standard InChI is InChI=1S/C15H18ClN3OS/c16-12-8-4-3-7-11(12)14(17)15-18-13(19-20-15)9-21-10-5-1-2-6-10/h3-4,7-8,10,14H,1-2,5-6,9,17H2/t14-/m1/s1. The van der Waals surface area contributed by atoms with Gasteiger partial charge in [-0.25, -0.2) is 0 Å². The minimum Gasteiger partial charge on any atom is -0.337 e. The first-order valence-electron chi connectivity index (χ1n) is 7.18. The largest absolute Gasteiger partial charge is 0.337 e. The molecule has 0 unspecified atom stereocenters. The Morgan fingerprint density at radius 1 is 1.33 bits per heavy atom. The van der Waals surface area contributed by atoms with Crippen molar-refractivity contribution in [3.05, 3.63) is 46.6 Å². The van der Waals surface area contributed by atoms with Gasteiger partial charge in [0.1, 0.15) is 6.04 Å². The van der Waals surface area contributed by atoms with Crippen molar-refractivity contribution in [2.45, 2.75) is 42.7 Å². The molecule has 1 saturated carbocycles. The second-order valence-corrected chi connectivity index (χ2v) is 6.96. The van der Waals surface area contributed by atoms with Gasteiger partial charge in [-0.2, -0.15) is 16.7 Å². The van der Waals surface area contributed by atoms with E-state index in [1.54, 1.807) is 0 Å². The molecule has 4 nitrogen and oxygen atoms in total. The molecule has 1 aromatic heterocycles. The number of thioether (sulfide) groups is 1. The van der Waals surface area contributed by atoms with E-state index in [4.69, 9.17) is 21.9 Å². The van der Waals surface area contributed by atoms with Gasteiger partial charge in [-0.3, -0.25) is 0 Å². The van der Waals surface area contributed by atoms with Crippen molar-refractivity contribution in [1.82, 2.24) is 10.1 Å². The van der Waals surface area contributed by atoms with Crippen LogP contribution in [0.3, 0.4) is 0 Å². The van der Waals surface area contributed by atoms with Crippen LogP contribution in [0.1, 0.15) is 49.0 Å². The number of hydrogen-bond donors (Lipinski definition) is 1. The first-order chi connectivity index (χ1) is 10.2. The Bertz CT molecular complexity index is 598. The van der Waals surface area contributed by atoms with Crippen LogP contribution in [0.25, 0.3) is 0 Å². The van der Waals surface area contributed by atoms with E-state index in [9.17, 15) is 0 Å². The second kappa shape index (κ2) is 6.81. The van der Waals surface area contributed by atoms with Gasteiger partial charge >= 0.3 is 0 Å². The molecule has 6 heteroatoms. The summed E-state index contributed by atoms with van der Waals surface area (Å²) in [6, 6.07) is 6.98. The highest BCUT2D eigenvalue weighted by Crippen LogP contribution is 2.31. The fourth-order valence-electron chi connectivity index (χ4n) is 2.56. The maximum atomic E-state index is 6.16. The number of halogens is 1. The fraction of sp³-hybridized carbons (Fsp3) is 0.467. The van der Waals surface area contributed by atoms with Gasteiger partial charge in [0.25, 0.3) is 0 Å². The van der Waals surface area contributed by atoms with Crippen LogP contribution in [-0.2, 0) is 5.75 Å². The summed E-state index contributed by atoms with van der Waals surface area (Å²) < 4.78 is 5.29. The number of rotatable bonds is 5. The molecule has 2 N–H and O–H groups in total. The van der Waals surface area contributed by atoms with E-state index in [-0.39, 0.29) is 0 Å². The number of nitrogens with zero attached hydrogens (tertiary/aromatic N) is 2. The predicted molar refractivity (Wildman–Crippen MR) is 85.3 cm³/mol. The third kappa shape index (κ3) is 3.59. The Morgan fingerprint density at radius 2 is 2.10 bits per heavy atom. The summed E-state index contributed by atoms with van der Waals surface area (Å²) in [5.74, 6) is 1.91. The highest BCUT2D eigenvalue weighted by molar-refractivity contribution is 7.99. The van der Waals surface area contributed by atoms with Crippen molar-refractivity contribution < 1.29 is 4.52 Å². The molecule has 1 aliphatic carbocycles. The second-order valence-electron chi connectivity index (χ2n) is 5.27. The summed E-state index contributed by atoms with van der Waals surface area (Å²) in [6.45, 7) is 0. The summed E-state index contributed by atoms with van der Waals surface area (Å²) in [7, 11) is 0. The molecule has 1 atom stereocenters. The lowest BCUT2D eigenvalue weighted by Crippen LogP contribution is -2.12. The van der Waals surface area contributed by atoms with Crippen molar-refractivity contribution in [2.75, 3.05) is 0 Å². The minimum atomic E-state index is -0.476. The van der Waals surface area contributed by atoms with Crippen LogP contribution in [0, 0.1) is 0 Å². The summed E-state index contributed by atoms with van der Waals surface area (Å²) >= 11 is 8.06. The third-order valence-electron chi connectivity index (χ3n) is 3.74. The van der Waals surface area contributed by atoms with Crippen LogP contribution < -0.4 is 5.73 Å². The maximum absolute atomic E-state index is 6.16. The molecule has 0 aliphatic heterocycles. The van der Waals surface area contributed by atoms with E-state index >= 15 is 0 Å². The Hall–Kier alpha value is -1.04. The van der Waals surface area contributed by atoms with Gasteiger partial charge in [-0.1, -0.05) is 47.8 Å². The van der Waals surface area contributed by atoms with Gasteiger partial charge in [-0.15, -0.1) is 0 Å². The van der Waals surface area contributed by atoms with Crippen molar-refractivity contribution in [3.63, 3.8) is 0 Å². The van der Waals surface area contributed by atoms with Crippen LogP contribution >= 0.6 is 23.4 Å². The zero-order valence-electron chi connectivity index (χ0n) is 11.7. The van der Waals surface area contributed by atoms with Crippen molar-refractivity contribution >= 4 is 23.4 Å². The average Bonchev–Trinajstić information content (AvgIpc) is 3.16. The molecule has 1 heterocycles. The van der Waals surface area contributed by atoms with E-state index in [0.29, 0.717) is 16.7 Å². The first-order valence-corrected chi connectivity index (χ1v) is 8.61. The zero-order valence-corrected chi connectivity index (χ0v) is 13.2. The van der Waals surface area contributed by atoms with Gasteiger partial charge in [0.05, 0.1) is 5.75 Å². The topological polar surface area (TPSA) is 64.9 Å². The SMILES string of the molecule is N[C@@H](c1nc(CSC2CCCC2)no1)c1ccccc1Cl. The molecule has 2 aromatic rings. The smallest absolute Gasteiger partial charge is 0.248 e. The van der Waals surface area contributed by atoms with Crippen LogP contribution in [0.2, 0.25) is 5.02 Å². The van der Waals surface area contributed by atoms with Crippen LogP contribution in [0.5, 0.6) is 0 Å². The molecule has 0 radical (unpaired) electrons. The first kappa shape index (κ1) is 14.9. The van der Waals surface area contributed by atoms with Crippen LogP contribution in [-0.4, -0.2) is 15.4 Å². The predicted octanol–water partition coefficient (Wildman–Crippen LogP) is 3.95.